The first kappa shape index (κ1) is 12.9. The van der Waals surface area contributed by atoms with E-state index in [-0.39, 0.29) is 6.67 Å². The van der Waals surface area contributed by atoms with Crippen LogP contribution in [0, 0.1) is 0 Å². The first-order valence-electron chi connectivity index (χ1n) is 4.55. The van der Waals surface area contributed by atoms with Crippen molar-refractivity contribution >= 4 is 31.9 Å². The molecular weight excluding hydrogens is 329 g/mol. The van der Waals surface area contributed by atoms with Gasteiger partial charge >= 0.3 is 0 Å². The summed E-state index contributed by atoms with van der Waals surface area (Å²) < 4.78 is 19.0. The molecule has 0 fully saturated rings. The van der Waals surface area contributed by atoms with Gasteiger partial charge in [-0.1, -0.05) is 0 Å². The monoisotopic (exact) mass is 339 g/mol. The van der Waals surface area contributed by atoms with E-state index in [4.69, 9.17) is 10.5 Å². The Morgan fingerprint density at radius 3 is 2.33 bits per heavy atom. The molecule has 0 unspecified atom stereocenters. The Morgan fingerprint density at radius 2 is 1.87 bits per heavy atom. The molecule has 1 rings (SSSR count). The van der Waals surface area contributed by atoms with Gasteiger partial charge < -0.3 is 10.5 Å². The van der Waals surface area contributed by atoms with Crippen LogP contribution in [-0.2, 0) is 6.54 Å². The third-order valence-electron chi connectivity index (χ3n) is 1.82. The second kappa shape index (κ2) is 6.45. The SMILES string of the molecule is NCc1cc(Br)c(OCCCF)c(Br)c1. The number of alkyl halides is 1. The maximum absolute atomic E-state index is 11.9. The van der Waals surface area contributed by atoms with Crippen molar-refractivity contribution in [2.75, 3.05) is 13.3 Å². The lowest BCUT2D eigenvalue weighted by Crippen LogP contribution is -2.01. The van der Waals surface area contributed by atoms with Gasteiger partial charge in [0.05, 0.1) is 22.2 Å². The van der Waals surface area contributed by atoms with Gasteiger partial charge in [-0.15, -0.1) is 0 Å². The lowest BCUT2D eigenvalue weighted by Gasteiger charge is -2.11. The van der Waals surface area contributed by atoms with Crippen LogP contribution in [0.2, 0.25) is 0 Å². The standard InChI is InChI=1S/C10H12Br2FNO/c11-8-4-7(6-14)5-9(12)10(8)15-3-1-2-13/h4-5H,1-3,6,14H2. The topological polar surface area (TPSA) is 35.2 Å². The van der Waals surface area contributed by atoms with Gasteiger partial charge in [0.25, 0.3) is 0 Å². The Kier molecular flexibility index (Phi) is 5.56. The van der Waals surface area contributed by atoms with Gasteiger partial charge in [0.15, 0.2) is 0 Å². The molecule has 0 saturated carbocycles. The minimum Gasteiger partial charge on any atom is -0.491 e. The second-order valence-corrected chi connectivity index (χ2v) is 4.69. The molecule has 0 aliphatic rings. The van der Waals surface area contributed by atoms with Crippen LogP contribution in [-0.4, -0.2) is 13.3 Å². The van der Waals surface area contributed by atoms with Crippen molar-refractivity contribution in [2.24, 2.45) is 5.73 Å². The van der Waals surface area contributed by atoms with E-state index in [1.165, 1.54) is 0 Å². The van der Waals surface area contributed by atoms with E-state index in [2.05, 4.69) is 31.9 Å². The lowest BCUT2D eigenvalue weighted by atomic mass is 10.2. The van der Waals surface area contributed by atoms with Gasteiger partial charge in [-0.2, -0.15) is 0 Å². The minimum absolute atomic E-state index is 0.365. The summed E-state index contributed by atoms with van der Waals surface area (Å²) in [6, 6.07) is 3.80. The molecule has 0 amide bonds. The predicted octanol–water partition coefficient (Wildman–Crippen LogP) is 3.41. The molecule has 2 nitrogen and oxygen atoms in total. The molecule has 0 aliphatic carbocycles. The van der Waals surface area contributed by atoms with Crippen LogP contribution in [0.25, 0.3) is 0 Å². The van der Waals surface area contributed by atoms with Crippen LogP contribution < -0.4 is 10.5 Å². The largest absolute Gasteiger partial charge is 0.491 e. The van der Waals surface area contributed by atoms with E-state index >= 15 is 0 Å². The van der Waals surface area contributed by atoms with Gasteiger partial charge in [-0.25, -0.2) is 0 Å². The van der Waals surface area contributed by atoms with E-state index < -0.39 is 0 Å². The Bertz CT molecular complexity index is 310. The van der Waals surface area contributed by atoms with Gasteiger partial charge in [0.2, 0.25) is 0 Å². The quantitative estimate of drug-likeness (QED) is 0.834. The first-order chi connectivity index (χ1) is 7.19. The molecule has 0 aliphatic heterocycles. The van der Waals surface area contributed by atoms with Crippen LogP contribution in [0.1, 0.15) is 12.0 Å². The molecule has 2 N–H and O–H groups in total. The molecule has 0 heterocycles. The average molecular weight is 341 g/mol. The fourth-order valence-corrected chi connectivity index (χ4v) is 2.61. The summed E-state index contributed by atoms with van der Waals surface area (Å²) in [5.74, 6) is 0.695. The molecule has 15 heavy (non-hydrogen) atoms. The zero-order chi connectivity index (χ0) is 11.3. The molecule has 1 aromatic carbocycles. The van der Waals surface area contributed by atoms with Crippen molar-refractivity contribution < 1.29 is 9.13 Å². The molecule has 5 heteroatoms. The Morgan fingerprint density at radius 1 is 1.27 bits per heavy atom. The van der Waals surface area contributed by atoms with Crippen molar-refractivity contribution in [2.45, 2.75) is 13.0 Å². The summed E-state index contributed by atoms with van der Waals surface area (Å²) in [6.45, 7) is 0.480. The third kappa shape index (κ3) is 3.74. The van der Waals surface area contributed by atoms with Crippen LogP contribution in [0.5, 0.6) is 5.75 Å². The lowest BCUT2D eigenvalue weighted by molar-refractivity contribution is 0.286. The Labute approximate surface area is 105 Å². The van der Waals surface area contributed by atoms with Crippen molar-refractivity contribution in [3.05, 3.63) is 26.6 Å². The summed E-state index contributed by atoms with van der Waals surface area (Å²) in [5.41, 5.74) is 6.53. The van der Waals surface area contributed by atoms with Crippen molar-refractivity contribution in [1.82, 2.24) is 0 Å². The van der Waals surface area contributed by atoms with Crippen LogP contribution >= 0.6 is 31.9 Å². The number of hydrogen-bond donors (Lipinski definition) is 1. The molecule has 0 aromatic heterocycles. The molecular formula is C10H12Br2FNO. The summed E-state index contributed by atoms with van der Waals surface area (Å²) in [4.78, 5) is 0. The molecule has 1 aromatic rings. The van der Waals surface area contributed by atoms with E-state index in [9.17, 15) is 4.39 Å². The molecule has 0 radical (unpaired) electrons. The molecule has 0 saturated heterocycles. The number of hydrogen-bond acceptors (Lipinski definition) is 2. The summed E-state index contributed by atoms with van der Waals surface area (Å²) in [7, 11) is 0. The highest BCUT2D eigenvalue weighted by Gasteiger charge is 2.08. The minimum atomic E-state index is -0.365. The zero-order valence-electron chi connectivity index (χ0n) is 8.10. The number of nitrogens with two attached hydrogens (primary N) is 1. The maximum atomic E-state index is 11.9. The normalized spacial score (nSPS) is 10.4. The van der Waals surface area contributed by atoms with Gasteiger partial charge in [-0.05, 0) is 49.6 Å². The zero-order valence-corrected chi connectivity index (χ0v) is 11.3. The number of halogens is 3. The second-order valence-electron chi connectivity index (χ2n) is 2.98. The number of rotatable bonds is 5. The van der Waals surface area contributed by atoms with Crippen LogP contribution in [0.4, 0.5) is 4.39 Å². The average Bonchev–Trinajstić information content (AvgIpc) is 2.22. The summed E-state index contributed by atoms with van der Waals surface area (Å²) in [5, 5.41) is 0. The fraction of sp³-hybridized carbons (Fsp3) is 0.400. The van der Waals surface area contributed by atoms with Crippen molar-refractivity contribution in [3.63, 3.8) is 0 Å². The third-order valence-corrected chi connectivity index (χ3v) is 3.00. The Balaban J connectivity index is 2.79. The van der Waals surface area contributed by atoms with Gasteiger partial charge in [0, 0.05) is 13.0 Å². The Hall–Kier alpha value is -0.130. The van der Waals surface area contributed by atoms with Gasteiger partial charge in [-0.3, -0.25) is 4.39 Å². The van der Waals surface area contributed by atoms with Crippen molar-refractivity contribution in [3.8, 4) is 5.75 Å². The molecule has 0 atom stereocenters. The van der Waals surface area contributed by atoms with Crippen LogP contribution in [0.15, 0.2) is 21.1 Å². The number of benzene rings is 1. The van der Waals surface area contributed by atoms with Gasteiger partial charge in [0.1, 0.15) is 5.75 Å². The maximum Gasteiger partial charge on any atom is 0.147 e. The molecule has 84 valence electrons. The summed E-state index contributed by atoms with van der Waals surface area (Å²) >= 11 is 6.77. The molecule has 0 bridgehead atoms. The predicted molar refractivity (Wildman–Crippen MR) is 65.8 cm³/mol. The molecule has 0 spiro atoms. The van der Waals surface area contributed by atoms with E-state index in [0.29, 0.717) is 25.3 Å². The fourth-order valence-electron chi connectivity index (χ4n) is 1.10. The van der Waals surface area contributed by atoms with E-state index in [1.54, 1.807) is 0 Å². The highest BCUT2D eigenvalue weighted by Crippen LogP contribution is 2.34. The van der Waals surface area contributed by atoms with E-state index in [1.807, 2.05) is 12.1 Å². The summed E-state index contributed by atoms with van der Waals surface area (Å²) in [6.07, 6.45) is 0.400. The highest BCUT2D eigenvalue weighted by atomic mass is 79.9. The first-order valence-corrected chi connectivity index (χ1v) is 6.14. The van der Waals surface area contributed by atoms with Crippen molar-refractivity contribution in [1.29, 1.82) is 0 Å². The highest BCUT2D eigenvalue weighted by molar-refractivity contribution is 9.11. The smallest absolute Gasteiger partial charge is 0.147 e. The van der Waals surface area contributed by atoms with E-state index in [0.717, 1.165) is 14.5 Å². The van der Waals surface area contributed by atoms with Crippen LogP contribution in [0.3, 0.4) is 0 Å². The number of ether oxygens (including phenoxy) is 1.